The van der Waals surface area contributed by atoms with Gasteiger partial charge in [0.25, 0.3) is 0 Å². The molecule has 0 atom stereocenters. The first-order valence-corrected chi connectivity index (χ1v) is 6.82. The van der Waals surface area contributed by atoms with Crippen LogP contribution in [-0.2, 0) is 0 Å². The van der Waals surface area contributed by atoms with Gasteiger partial charge in [-0.05, 0) is 30.2 Å². The van der Waals surface area contributed by atoms with Crippen LogP contribution in [0.5, 0.6) is 0 Å². The van der Waals surface area contributed by atoms with Crippen molar-refractivity contribution < 1.29 is 0 Å². The normalized spacial score (nSPS) is 10.3. The molecule has 0 amide bonds. The third kappa shape index (κ3) is 3.99. The average molecular weight is 292 g/mol. The Labute approximate surface area is 123 Å². The van der Waals surface area contributed by atoms with E-state index in [2.05, 4.69) is 39.4 Å². The molecule has 0 fully saturated rings. The van der Waals surface area contributed by atoms with Crippen LogP contribution in [0.2, 0.25) is 5.28 Å². The molecule has 0 radical (unpaired) electrons. The standard InChI is InChI=1S/C14H18ClN5/c1-20(11-6-3-2-4-7-11)9-5-8-17-13-12(16)10-18-14(15)19-13/h2-4,6-7,10H,5,8-9,16H2,1H3,(H,17,18,19). The lowest BCUT2D eigenvalue weighted by Gasteiger charge is -2.19. The molecule has 0 aliphatic heterocycles. The number of aromatic nitrogens is 2. The molecule has 0 bridgehead atoms. The molecule has 0 aliphatic rings. The second-order valence-electron chi connectivity index (χ2n) is 4.48. The highest BCUT2D eigenvalue weighted by Crippen LogP contribution is 2.16. The number of rotatable bonds is 6. The summed E-state index contributed by atoms with van der Waals surface area (Å²) >= 11 is 5.73. The summed E-state index contributed by atoms with van der Waals surface area (Å²) < 4.78 is 0. The zero-order valence-electron chi connectivity index (χ0n) is 11.4. The first-order chi connectivity index (χ1) is 9.66. The van der Waals surface area contributed by atoms with E-state index in [1.54, 1.807) is 0 Å². The van der Waals surface area contributed by atoms with E-state index in [0.717, 1.165) is 19.5 Å². The summed E-state index contributed by atoms with van der Waals surface area (Å²) in [6.07, 6.45) is 2.47. The van der Waals surface area contributed by atoms with Crippen LogP contribution in [0.15, 0.2) is 36.5 Å². The van der Waals surface area contributed by atoms with Crippen molar-refractivity contribution in [1.82, 2.24) is 9.97 Å². The number of para-hydroxylation sites is 1. The van der Waals surface area contributed by atoms with E-state index in [4.69, 9.17) is 17.3 Å². The van der Waals surface area contributed by atoms with E-state index in [0.29, 0.717) is 11.5 Å². The lowest BCUT2D eigenvalue weighted by Crippen LogP contribution is -2.21. The predicted molar refractivity (Wildman–Crippen MR) is 84.3 cm³/mol. The van der Waals surface area contributed by atoms with E-state index in [1.807, 2.05) is 18.2 Å². The van der Waals surface area contributed by atoms with Crippen LogP contribution in [-0.4, -0.2) is 30.1 Å². The molecule has 3 N–H and O–H groups in total. The molecule has 1 aromatic carbocycles. The summed E-state index contributed by atoms with van der Waals surface area (Å²) in [6, 6.07) is 10.3. The number of nitrogens with zero attached hydrogens (tertiary/aromatic N) is 3. The molecule has 0 aliphatic carbocycles. The second-order valence-corrected chi connectivity index (χ2v) is 4.82. The number of nitrogen functional groups attached to an aromatic ring is 1. The number of nitrogens with two attached hydrogens (primary N) is 1. The molecule has 1 aromatic heterocycles. The molecule has 2 rings (SSSR count). The zero-order valence-corrected chi connectivity index (χ0v) is 12.1. The van der Waals surface area contributed by atoms with Gasteiger partial charge in [0.05, 0.1) is 11.9 Å². The number of hydrogen-bond acceptors (Lipinski definition) is 5. The Hall–Kier alpha value is -2.01. The van der Waals surface area contributed by atoms with Gasteiger partial charge in [0.1, 0.15) is 0 Å². The largest absolute Gasteiger partial charge is 0.394 e. The van der Waals surface area contributed by atoms with Gasteiger partial charge in [-0.3, -0.25) is 0 Å². The van der Waals surface area contributed by atoms with Crippen LogP contribution in [0.3, 0.4) is 0 Å². The number of hydrogen-bond donors (Lipinski definition) is 2. The summed E-state index contributed by atoms with van der Waals surface area (Å²) in [5.74, 6) is 0.590. The smallest absolute Gasteiger partial charge is 0.224 e. The molecule has 6 heteroatoms. The van der Waals surface area contributed by atoms with Gasteiger partial charge in [-0.25, -0.2) is 4.98 Å². The SMILES string of the molecule is CN(CCCNc1nc(Cl)ncc1N)c1ccccc1. The maximum Gasteiger partial charge on any atom is 0.224 e. The molecule has 0 spiro atoms. The van der Waals surface area contributed by atoms with Gasteiger partial charge in [0.15, 0.2) is 5.82 Å². The number of nitrogens with one attached hydrogen (secondary N) is 1. The molecule has 5 nitrogen and oxygen atoms in total. The summed E-state index contributed by atoms with van der Waals surface area (Å²) in [6.45, 7) is 1.71. The van der Waals surface area contributed by atoms with Crippen LogP contribution in [0.25, 0.3) is 0 Å². The molecular weight excluding hydrogens is 274 g/mol. The first kappa shape index (κ1) is 14.4. The fraction of sp³-hybridized carbons (Fsp3) is 0.286. The van der Waals surface area contributed by atoms with E-state index < -0.39 is 0 Å². The highest BCUT2D eigenvalue weighted by molar-refractivity contribution is 6.28. The van der Waals surface area contributed by atoms with E-state index in [9.17, 15) is 0 Å². The molecule has 1 heterocycles. The maximum atomic E-state index is 5.77. The second kappa shape index (κ2) is 6.96. The van der Waals surface area contributed by atoms with E-state index in [-0.39, 0.29) is 5.28 Å². The number of halogens is 1. The predicted octanol–water partition coefficient (Wildman–Crippen LogP) is 2.65. The topological polar surface area (TPSA) is 67.1 Å². The molecular formula is C14H18ClN5. The monoisotopic (exact) mass is 291 g/mol. The van der Waals surface area contributed by atoms with Crippen molar-refractivity contribution in [2.75, 3.05) is 36.1 Å². The quantitative estimate of drug-likeness (QED) is 0.633. The number of benzene rings is 1. The van der Waals surface area contributed by atoms with Crippen LogP contribution >= 0.6 is 11.6 Å². The Balaban J connectivity index is 1.78. The minimum Gasteiger partial charge on any atom is -0.394 e. The fourth-order valence-corrected chi connectivity index (χ4v) is 1.98. The van der Waals surface area contributed by atoms with Crippen molar-refractivity contribution in [2.45, 2.75) is 6.42 Å². The third-order valence-electron chi connectivity index (χ3n) is 2.95. The van der Waals surface area contributed by atoms with Crippen molar-refractivity contribution in [3.8, 4) is 0 Å². The molecule has 0 unspecified atom stereocenters. The molecule has 20 heavy (non-hydrogen) atoms. The average Bonchev–Trinajstić information content (AvgIpc) is 2.47. The van der Waals surface area contributed by atoms with Gasteiger partial charge < -0.3 is 16.0 Å². The summed E-state index contributed by atoms with van der Waals surface area (Å²) in [7, 11) is 2.07. The highest BCUT2D eigenvalue weighted by Gasteiger charge is 2.03. The van der Waals surface area contributed by atoms with Crippen LogP contribution in [0, 0.1) is 0 Å². The van der Waals surface area contributed by atoms with Gasteiger partial charge >= 0.3 is 0 Å². The Morgan fingerprint density at radius 2 is 2.05 bits per heavy atom. The first-order valence-electron chi connectivity index (χ1n) is 6.45. The lowest BCUT2D eigenvalue weighted by molar-refractivity contribution is 0.814. The van der Waals surface area contributed by atoms with Crippen molar-refractivity contribution in [2.24, 2.45) is 0 Å². The van der Waals surface area contributed by atoms with E-state index in [1.165, 1.54) is 11.9 Å². The zero-order chi connectivity index (χ0) is 14.4. The summed E-state index contributed by atoms with van der Waals surface area (Å²) in [4.78, 5) is 10.1. The van der Waals surface area contributed by atoms with Gasteiger partial charge in [0, 0.05) is 25.8 Å². The van der Waals surface area contributed by atoms with Crippen LogP contribution in [0.4, 0.5) is 17.2 Å². The van der Waals surface area contributed by atoms with Crippen molar-refractivity contribution >= 4 is 28.8 Å². The minimum absolute atomic E-state index is 0.197. The van der Waals surface area contributed by atoms with Gasteiger partial charge in [0.2, 0.25) is 5.28 Å². The molecule has 0 saturated heterocycles. The Morgan fingerprint density at radius 3 is 2.80 bits per heavy atom. The van der Waals surface area contributed by atoms with Crippen LogP contribution in [0.1, 0.15) is 6.42 Å². The summed E-state index contributed by atoms with van der Waals surface area (Å²) in [5, 5.41) is 3.37. The van der Waals surface area contributed by atoms with Gasteiger partial charge in [-0.15, -0.1) is 0 Å². The fourth-order valence-electron chi connectivity index (χ4n) is 1.85. The van der Waals surface area contributed by atoms with Crippen LogP contribution < -0.4 is 16.0 Å². The summed E-state index contributed by atoms with van der Waals surface area (Å²) in [5.41, 5.74) is 7.48. The maximum absolute atomic E-state index is 5.77. The van der Waals surface area contributed by atoms with Crippen molar-refractivity contribution in [1.29, 1.82) is 0 Å². The number of anilines is 3. The van der Waals surface area contributed by atoms with Gasteiger partial charge in [-0.2, -0.15) is 4.98 Å². The highest BCUT2D eigenvalue weighted by atomic mass is 35.5. The van der Waals surface area contributed by atoms with Crippen molar-refractivity contribution in [3.63, 3.8) is 0 Å². The Morgan fingerprint density at radius 1 is 1.30 bits per heavy atom. The molecule has 2 aromatic rings. The Bertz CT molecular complexity index is 547. The van der Waals surface area contributed by atoms with E-state index >= 15 is 0 Å². The lowest BCUT2D eigenvalue weighted by atomic mass is 10.3. The Kier molecular flexibility index (Phi) is 5.01. The minimum atomic E-state index is 0.197. The third-order valence-corrected chi connectivity index (χ3v) is 3.13. The molecule has 0 saturated carbocycles. The molecule has 106 valence electrons. The van der Waals surface area contributed by atoms with Crippen molar-refractivity contribution in [3.05, 3.63) is 41.8 Å². The van der Waals surface area contributed by atoms with Gasteiger partial charge in [-0.1, -0.05) is 18.2 Å².